The van der Waals surface area contributed by atoms with Gasteiger partial charge in [-0.25, -0.2) is 0 Å². The summed E-state index contributed by atoms with van der Waals surface area (Å²) in [5.41, 5.74) is 2.48. The first kappa shape index (κ1) is 15.8. The molecule has 1 atom stereocenters. The molecule has 2 aromatic heterocycles. The molecule has 0 amide bonds. The standard InChI is InChI=1S/C19H26N4O/c1-4-17(14-20-7-1)23-9-3-6-19(23)16-21-8-2-5-18(15-21)22-10-12-24-13-11-22/h1,3-4,6-7,9,14,18H,2,5,8,10-13,15-16H2. The molecule has 2 aromatic rings. The maximum atomic E-state index is 5.50. The van der Waals surface area contributed by atoms with Crippen molar-refractivity contribution in [1.29, 1.82) is 0 Å². The second kappa shape index (κ2) is 7.47. The summed E-state index contributed by atoms with van der Waals surface area (Å²) < 4.78 is 7.76. The number of likely N-dealkylation sites (tertiary alicyclic amines) is 1. The smallest absolute Gasteiger partial charge is 0.0636 e. The summed E-state index contributed by atoms with van der Waals surface area (Å²) in [5, 5.41) is 0. The summed E-state index contributed by atoms with van der Waals surface area (Å²) in [4.78, 5) is 9.47. The zero-order valence-electron chi connectivity index (χ0n) is 14.2. The van der Waals surface area contributed by atoms with Crippen LogP contribution in [-0.4, -0.2) is 64.8 Å². The van der Waals surface area contributed by atoms with E-state index in [4.69, 9.17) is 4.74 Å². The lowest BCUT2D eigenvalue weighted by Crippen LogP contribution is -2.51. The molecule has 5 nitrogen and oxygen atoms in total. The number of ether oxygens (including phenoxy) is 1. The van der Waals surface area contributed by atoms with Crippen molar-refractivity contribution in [1.82, 2.24) is 19.4 Å². The van der Waals surface area contributed by atoms with Crippen molar-refractivity contribution in [3.05, 3.63) is 48.5 Å². The highest BCUT2D eigenvalue weighted by Gasteiger charge is 2.26. The molecule has 128 valence electrons. The Kier molecular flexibility index (Phi) is 4.92. The third-order valence-corrected chi connectivity index (χ3v) is 5.19. The van der Waals surface area contributed by atoms with Crippen molar-refractivity contribution in [2.75, 3.05) is 39.4 Å². The number of hydrogen-bond donors (Lipinski definition) is 0. The molecule has 1 unspecified atom stereocenters. The summed E-state index contributed by atoms with van der Waals surface area (Å²) in [7, 11) is 0. The minimum absolute atomic E-state index is 0.685. The number of piperidine rings is 1. The van der Waals surface area contributed by atoms with Gasteiger partial charge in [0.2, 0.25) is 0 Å². The average molecular weight is 326 g/mol. The Hall–Kier alpha value is -1.69. The van der Waals surface area contributed by atoms with Gasteiger partial charge in [-0.15, -0.1) is 0 Å². The highest BCUT2D eigenvalue weighted by atomic mass is 16.5. The van der Waals surface area contributed by atoms with Crippen molar-refractivity contribution in [3.63, 3.8) is 0 Å². The molecule has 0 radical (unpaired) electrons. The monoisotopic (exact) mass is 326 g/mol. The van der Waals surface area contributed by atoms with Crippen LogP contribution in [-0.2, 0) is 11.3 Å². The molecule has 4 heterocycles. The summed E-state index contributed by atoms with van der Waals surface area (Å²) in [6, 6.07) is 9.15. The van der Waals surface area contributed by atoms with E-state index in [1.165, 1.54) is 25.1 Å². The molecule has 24 heavy (non-hydrogen) atoms. The molecule has 0 N–H and O–H groups in total. The molecule has 2 aliphatic heterocycles. The first-order valence-corrected chi connectivity index (χ1v) is 9.01. The highest BCUT2D eigenvalue weighted by molar-refractivity contribution is 5.32. The Balaban J connectivity index is 1.43. The highest BCUT2D eigenvalue weighted by Crippen LogP contribution is 2.20. The fourth-order valence-electron chi connectivity index (χ4n) is 3.94. The zero-order valence-corrected chi connectivity index (χ0v) is 14.2. The number of hydrogen-bond acceptors (Lipinski definition) is 4. The molecule has 4 rings (SSSR count). The SMILES string of the molecule is c1cncc(-n2cccc2CN2CCCC(N3CCOCC3)C2)c1. The second-order valence-electron chi connectivity index (χ2n) is 6.76. The van der Waals surface area contributed by atoms with Crippen LogP contribution in [0.1, 0.15) is 18.5 Å². The first-order chi connectivity index (χ1) is 11.9. The molecule has 0 bridgehead atoms. The van der Waals surface area contributed by atoms with Crippen molar-refractivity contribution in [3.8, 4) is 5.69 Å². The van der Waals surface area contributed by atoms with Gasteiger partial charge in [-0.05, 0) is 43.7 Å². The van der Waals surface area contributed by atoms with Crippen LogP contribution in [0.15, 0.2) is 42.9 Å². The van der Waals surface area contributed by atoms with Crippen LogP contribution in [0, 0.1) is 0 Å². The van der Waals surface area contributed by atoms with Crippen molar-refractivity contribution >= 4 is 0 Å². The number of pyridine rings is 1. The van der Waals surface area contributed by atoms with Crippen LogP contribution in [0.3, 0.4) is 0 Å². The molecule has 0 saturated carbocycles. The van der Waals surface area contributed by atoms with Gasteiger partial charge in [0.25, 0.3) is 0 Å². The predicted octanol–water partition coefficient (Wildman–Crippen LogP) is 2.17. The van der Waals surface area contributed by atoms with Gasteiger partial charge in [0.1, 0.15) is 0 Å². The number of morpholine rings is 1. The minimum atomic E-state index is 0.685. The summed E-state index contributed by atoms with van der Waals surface area (Å²) >= 11 is 0. The molecule has 2 saturated heterocycles. The molecule has 2 aliphatic rings. The summed E-state index contributed by atoms with van der Waals surface area (Å²) in [6.07, 6.45) is 8.49. The van der Waals surface area contributed by atoms with Crippen molar-refractivity contribution in [2.24, 2.45) is 0 Å². The van der Waals surface area contributed by atoms with Crippen LogP contribution in [0.25, 0.3) is 5.69 Å². The molecule has 0 aliphatic carbocycles. The summed E-state index contributed by atoms with van der Waals surface area (Å²) in [6.45, 7) is 7.32. The van der Waals surface area contributed by atoms with E-state index in [-0.39, 0.29) is 0 Å². The van der Waals surface area contributed by atoms with Gasteiger partial charge >= 0.3 is 0 Å². The van der Waals surface area contributed by atoms with Gasteiger partial charge in [0, 0.05) is 50.3 Å². The van der Waals surface area contributed by atoms with E-state index in [1.54, 1.807) is 0 Å². The number of nitrogens with zero attached hydrogens (tertiary/aromatic N) is 4. The Labute approximate surface area is 143 Å². The van der Waals surface area contributed by atoms with Gasteiger partial charge < -0.3 is 9.30 Å². The third kappa shape index (κ3) is 3.53. The van der Waals surface area contributed by atoms with Crippen LogP contribution in [0.5, 0.6) is 0 Å². The molecule has 0 spiro atoms. The summed E-state index contributed by atoms with van der Waals surface area (Å²) in [5.74, 6) is 0. The first-order valence-electron chi connectivity index (χ1n) is 9.01. The van der Waals surface area contributed by atoms with E-state index in [2.05, 4.69) is 43.7 Å². The molecular weight excluding hydrogens is 300 g/mol. The van der Waals surface area contributed by atoms with Gasteiger partial charge in [0.05, 0.1) is 25.1 Å². The Morgan fingerprint density at radius 1 is 1.12 bits per heavy atom. The minimum Gasteiger partial charge on any atom is -0.379 e. The predicted molar refractivity (Wildman–Crippen MR) is 94.3 cm³/mol. The van der Waals surface area contributed by atoms with E-state index in [1.807, 2.05) is 18.5 Å². The van der Waals surface area contributed by atoms with Gasteiger partial charge in [-0.1, -0.05) is 0 Å². The van der Waals surface area contributed by atoms with Gasteiger partial charge in [0.15, 0.2) is 0 Å². The zero-order chi connectivity index (χ0) is 16.2. The lowest BCUT2D eigenvalue weighted by atomic mass is 10.0. The van der Waals surface area contributed by atoms with Crippen molar-refractivity contribution in [2.45, 2.75) is 25.4 Å². The Morgan fingerprint density at radius 3 is 2.88 bits per heavy atom. The maximum absolute atomic E-state index is 5.50. The quantitative estimate of drug-likeness (QED) is 0.862. The molecule has 2 fully saturated rings. The van der Waals surface area contributed by atoms with Crippen LogP contribution >= 0.6 is 0 Å². The van der Waals surface area contributed by atoms with Gasteiger partial charge in [-0.3, -0.25) is 14.8 Å². The third-order valence-electron chi connectivity index (χ3n) is 5.19. The molecule has 0 aromatic carbocycles. The van der Waals surface area contributed by atoms with Gasteiger partial charge in [-0.2, -0.15) is 0 Å². The van der Waals surface area contributed by atoms with Crippen LogP contribution in [0.4, 0.5) is 0 Å². The topological polar surface area (TPSA) is 33.5 Å². The molecule has 5 heteroatoms. The number of rotatable bonds is 4. The van der Waals surface area contributed by atoms with E-state index in [9.17, 15) is 0 Å². The van der Waals surface area contributed by atoms with E-state index >= 15 is 0 Å². The largest absolute Gasteiger partial charge is 0.379 e. The normalized spacial score (nSPS) is 23.4. The van der Waals surface area contributed by atoms with Crippen LogP contribution in [0.2, 0.25) is 0 Å². The lowest BCUT2D eigenvalue weighted by molar-refractivity contribution is -0.00376. The Bertz CT molecular complexity index is 636. The van der Waals surface area contributed by atoms with Crippen molar-refractivity contribution < 1.29 is 4.74 Å². The van der Waals surface area contributed by atoms with E-state index in [0.29, 0.717) is 6.04 Å². The maximum Gasteiger partial charge on any atom is 0.0636 e. The van der Waals surface area contributed by atoms with Crippen LogP contribution < -0.4 is 0 Å². The van der Waals surface area contributed by atoms with E-state index in [0.717, 1.165) is 45.1 Å². The Morgan fingerprint density at radius 2 is 2.04 bits per heavy atom. The number of aromatic nitrogens is 2. The van der Waals surface area contributed by atoms with E-state index < -0.39 is 0 Å². The fourth-order valence-corrected chi connectivity index (χ4v) is 3.94. The second-order valence-corrected chi connectivity index (χ2v) is 6.76. The lowest BCUT2D eigenvalue weighted by Gasteiger charge is -2.41. The molecular formula is C19H26N4O. The fraction of sp³-hybridized carbons (Fsp3) is 0.526. The average Bonchev–Trinajstić information content (AvgIpc) is 3.11.